The van der Waals surface area contributed by atoms with Gasteiger partial charge in [-0.05, 0) is 44.2 Å². The standard InChI is InChI=1S/C31H41NO6/c1-6-10-21-28(35)19(2)11-9-16-31(5)26(38-31)17-24(23-15-14-20-12-7-8-13-22(20)32-23)37-27(34)18-25(33)30(3,4)29(21)36/h6-8,12-15,19,21,24-26,28,33,35H,1,9-11,16-18H2,2-5H3/t19-,21-,24+,25+,26-,28-,31+/m1/s1. The van der Waals surface area contributed by atoms with Gasteiger partial charge < -0.3 is 19.7 Å². The summed E-state index contributed by atoms with van der Waals surface area (Å²) in [4.78, 5) is 31.5. The van der Waals surface area contributed by atoms with Crippen molar-refractivity contribution in [2.45, 2.75) is 96.2 Å². The number of aromatic nitrogens is 1. The summed E-state index contributed by atoms with van der Waals surface area (Å²) >= 11 is 0. The van der Waals surface area contributed by atoms with Crippen LogP contribution in [0.5, 0.6) is 0 Å². The fourth-order valence-corrected chi connectivity index (χ4v) is 5.68. The Labute approximate surface area is 225 Å². The van der Waals surface area contributed by atoms with E-state index in [1.807, 2.05) is 43.3 Å². The molecule has 0 aliphatic carbocycles. The second-order valence-corrected chi connectivity index (χ2v) is 11.9. The number of aliphatic hydroxyl groups excluding tert-OH is 2. The highest BCUT2D eigenvalue weighted by molar-refractivity contribution is 5.88. The van der Waals surface area contributed by atoms with Crippen LogP contribution in [0.2, 0.25) is 0 Å². The third kappa shape index (κ3) is 6.00. The Morgan fingerprint density at radius 1 is 1.13 bits per heavy atom. The van der Waals surface area contributed by atoms with E-state index in [4.69, 9.17) is 14.5 Å². The summed E-state index contributed by atoms with van der Waals surface area (Å²) in [5.41, 5.74) is -0.177. The molecular weight excluding hydrogens is 482 g/mol. The van der Waals surface area contributed by atoms with E-state index >= 15 is 0 Å². The molecule has 4 rings (SSSR count). The third-order valence-electron chi connectivity index (χ3n) is 8.60. The number of hydrogen-bond acceptors (Lipinski definition) is 7. The molecule has 3 heterocycles. The Balaban J connectivity index is 1.63. The first-order valence-corrected chi connectivity index (χ1v) is 13.7. The van der Waals surface area contributed by atoms with Gasteiger partial charge in [-0.2, -0.15) is 0 Å². The molecule has 2 fully saturated rings. The van der Waals surface area contributed by atoms with Gasteiger partial charge in [0.1, 0.15) is 11.9 Å². The maximum atomic E-state index is 13.6. The number of fused-ring (bicyclic) bond motifs is 2. The Morgan fingerprint density at radius 2 is 1.87 bits per heavy atom. The van der Waals surface area contributed by atoms with E-state index in [2.05, 4.69) is 13.5 Å². The average Bonchev–Trinajstić information content (AvgIpc) is 3.53. The number of carbonyl (C=O) groups is 2. The van der Waals surface area contributed by atoms with Gasteiger partial charge in [0.25, 0.3) is 0 Å². The molecule has 7 atom stereocenters. The van der Waals surface area contributed by atoms with Crippen LogP contribution < -0.4 is 0 Å². The smallest absolute Gasteiger partial charge is 0.309 e. The number of hydrogen-bond donors (Lipinski definition) is 2. The summed E-state index contributed by atoms with van der Waals surface area (Å²) < 4.78 is 12.0. The Kier molecular flexibility index (Phi) is 8.40. The number of Topliss-reactive ketones (excluding diaryl/α,β-unsaturated/α-hetero) is 1. The zero-order chi connectivity index (χ0) is 27.7. The van der Waals surface area contributed by atoms with E-state index in [1.54, 1.807) is 19.9 Å². The molecule has 2 aromatic rings. The molecule has 0 radical (unpaired) electrons. The van der Waals surface area contributed by atoms with Gasteiger partial charge in [0, 0.05) is 17.7 Å². The van der Waals surface area contributed by atoms with Gasteiger partial charge in [-0.1, -0.05) is 57.5 Å². The second-order valence-electron chi connectivity index (χ2n) is 11.9. The molecule has 2 saturated heterocycles. The molecule has 0 unspecified atom stereocenters. The van der Waals surface area contributed by atoms with Crippen LogP contribution in [0.1, 0.15) is 78.0 Å². The fraction of sp³-hybridized carbons (Fsp3) is 0.581. The van der Waals surface area contributed by atoms with Gasteiger partial charge in [0.05, 0.1) is 47.0 Å². The lowest BCUT2D eigenvalue weighted by molar-refractivity contribution is -0.156. The van der Waals surface area contributed by atoms with E-state index in [1.165, 1.54) is 0 Å². The normalized spacial score (nSPS) is 34.8. The van der Waals surface area contributed by atoms with Crippen molar-refractivity contribution >= 4 is 22.7 Å². The van der Waals surface area contributed by atoms with Gasteiger partial charge in [-0.3, -0.25) is 9.59 Å². The number of carbonyl (C=O) groups excluding carboxylic acids is 2. The predicted octanol–water partition coefficient (Wildman–Crippen LogP) is 5.09. The molecule has 2 aliphatic heterocycles. The quantitative estimate of drug-likeness (QED) is 0.328. The molecule has 1 aromatic carbocycles. The number of rotatable bonds is 3. The van der Waals surface area contributed by atoms with Crippen LogP contribution in [0.4, 0.5) is 0 Å². The first-order valence-electron chi connectivity index (χ1n) is 13.7. The lowest BCUT2D eigenvalue weighted by Gasteiger charge is -2.35. The van der Waals surface area contributed by atoms with Crippen LogP contribution in [0.25, 0.3) is 10.9 Å². The van der Waals surface area contributed by atoms with Crippen LogP contribution in [0, 0.1) is 17.3 Å². The lowest BCUT2D eigenvalue weighted by Crippen LogP contribution is -2.46. The zero-order valence-electron chi connectivity index (χ0n) is 22.9. The molecule has 2 N–H and O–H groups in total. The number of aliphatic hydroxyl groups is 2. The summed E-state index contributed by atoms with van der Waals surface area (Å²) in [5.74, 6) is -1.73. The third-order valence-corrected chi connectivity index (χ3v) is 8.60. The Hall–Kier alpha value is -2.61. The van der Waals surface area contributed by atoms with Crippen molar-refractivity contribution in [3.8, 4) is 0 Å². The second kappa shape index (κ2) is 11.2. The summed E-state index contributed by atoms with van der Waals surface area (Å²) in [7, 11) is 0. The highest BCUT2D eigenvalue weighted by atomic mass is 16.6. The number of para-hydroxylation sites is 1. The average molecular weight is 524 g/mol. The minimum atomic E-state index is -1.28. The number of allylic oxidation sites excluding steroid dienone is 1. The number of pyridine rings is 1. The largest absolute Gasteiger partial charge is 0.456 e. The van der Waals surface area contributed by atoms with E-state index in [9.17, 15) is 19.8 Å². The Morgan fingerprint density at radius 3 is 2.61 bits per heavy atom. The van der Waals surface area contributed by atoms with Crippen molar-refractivity contribution in [1.82, 2.24) is 4.98 Å². The fourth-order valence-electron chi connectivity index (χ4n) is 5.68. The van der Waals surface area contributed by atoms with Gasteiger partial charge >= 0.3 is 5.97 Å². The van der Waals surface area contributed by atoms with Crippen molar-refractivity contribution in [2.24, 2.45) is 17.3 Å². The van der Waals surface area contributed by atoms with Crippen molar-refractivity contribution in [1.29, 1.82) is 0 Å². The Bertz CT molecular complexity index is 1180. The number of cyclic esters (lactones) is 1. The van der Waals surface area contributed by atoms with Crippen molar-refractivity contribution in [2.75, 3.05) is 0 Å². The van der Waals surface area contributed by atoms with Gasteiger partial charge in [-0.15, -0.1) is 6.58 Å². The van der Waals surface area contributed by atoms with Gasteiger partial charge in [-0.25, -0.2) is 4.98 Å². The number of esters is 1. The molecule has 1 aromatic heterocycles. The molecule has 0 spiro atoms. The van der Waals surface area contributed by atoms with Crippen LogP contribution in [0.15, 0.2) is 49.1 Å². The van der Waals surface area contributed by atoms with Crippen molar-refractivity contribution in [3.63, 3.8) is 0 Å². The topological polar surface area (TPSA) is 109 Å². The molecular formula is C31H41NO6. The maximum absolute atomic E-state index is 13.6. The first kappa shape index (κ1) is 28.4. The summed E-state index contributed by atoms with van der Waals surface area (Å²) in [6, 6.07) is 11.6. The van der Waals surface area contributed by atoms with Crippen LogP contribution >= 0.6 is 0 Å². The van der Waals surface area contributed by atoms with Crippen molar-refractivity contribution < 1.29 is 29.3 Å². The molecule has 0 saturated carbocycles. The van der Waals surface area contributed by atoms with E-state index < -0.39 is 35.6 Å². The minimum Gasteiger partial charge on any atom is -0.456 e. The van der Waals surface area contributed by atoms with E-state index in [-0.39, 0.29) is 29.8 Å². The van der Waals surface area contributed by atoms with Crippen molar-refractivity contribution in [3.05, 3.63) is 54.7 Å². The molecule has 7 heteroatoms. The maximum Gasteiger partial charge on any atom is 0.309 e. The van der Waals surface area contributed by atoms with Crippen LogP contribution in [-0.4, -0.2) is 50.9 Å². The number of nitrogens with zero attached hydrogens (tertiary/aromatic N) is 1. The van der Waals surface area contributed by atoms with E-state index in [0.717, 1.165) is 30.2 Å². The monoisotopic (exact) mass is 523 g/mol. The molecule has 0 bridgehead atoms. The number of epoxide rings is 1. The first-order chi connectivity index (χ1) is 18.0. The minimum absolute atomic E-state index is 0.0989. The van der Waals surface area contributed by atoms with Crippen LogP contribution in [-0.2, 0) is 19.1 Å². The molecule has 2 aliphatic rings. The molecule has 206 valence electrons. The highest BCUT2D eigenvalue weighted by Crippen LogP contribution is 2.46. The number of ketones is 1. The lowest BCUT2D eigenvalue weighted by atomic mass is 9.71. The SMILES string of the molecule is C=CC[C@H]1C(=O)C(C)(C)[C@@H](O)CC(=O)O[C@H](c2ccc3ccccc3n2)C[C@H]2O[C@@]2(C)CCC[C@@H](C)[C@H]1O. The van der Waals surface area contributed by atoms with Crippen LogP contribution in [0.3, 0.4) is 0 Å². The summed E-state index contributed by atoms with van der Waals surface area (Å²) in [6.07, 6.45) is 1.48. The number of benzene rings is 1. The van der Waals surface area contributed by atoms with Gasteiger partial charge in [0.15, 0.2) is 0 Å². The number of ether oxygens (including phenoxy) is 2. The summed E-state index contributed by atoms with van der Waals surface area (Å²) in [6.45, 7) is 11.0. The van der Waals surface area contributed by atoms with E-state index in [0.29, 0.717) is 18.5 Å². The summed E-state index contributed by atoms with van der Waals surface area (Å²) in [5, 5.41) is 23.2. The van der Waals surface area contributed by atoms with Gasteiger partial charge in [0.2, 0.25) is 0 Å². The highest BCUT2D eigenvalue weighted by Gasteiger charge is 2.53. The zero-order valence-corrected chi connectivity index (χ0v) is 22.9. The molecule has 0 amide bonds. The molecule has 7 nitrogen and oxygen atoms in total. The molecule has 38 heavy (non-hydrogen) atoms. The predicted molar refractivity (Wildman–Crippen MR) is 145 cm³/mol.